The number of benzene rings is 1. The van der Waals surface area contributed by atoms with Crippen LogP contribution in [0.1, 0.15) is 25.7 Å². The van der Waals surface area contributed by atoms with Crippen LogP contribution in [0.2, 0.25) is 0 Å². The van der Waals surface area contributed by atoms with E-state index in [0.717, 1.165) is 25.0 Å². The average molecular weight is 406 g/mol. The molecule has 0 atom stereocenters. The van der Waals surface area contributed by atoms with Crippen molar-refractivity contribution in [2.45, 2.75) is 43.0 Å². The summed E-state index contributed by atoms with van der Waals surface area (Å²) >= 11 is 0. The van der Waals surface area contributed by atoms with E-state index in [9.17, 15) is 26.4 Å². The second-order valence-corrected chi connectivity index (χ2v) is 8.82. The van der Waals surface area contributed by atoms with E-state index in [4.69, 9.17) is 0 Å². The molecular formula is C17H21F3N2O4S. The molecule has 2 aliphatic rings. The maximum atomic E-state index is 12.7. The molecule has 0 unspecified atom stereocenters. The molecule has 0 N–H and O–H groups in total. The standard InChI is InChI=1S/C17H21F3N2O4S/c1-21(13-5-6-13)16(23)12-7-9-22(10-8-12)27(24,25)15-4-2-3-14(11-15)26-17(18,19)20/h2-4,11-13H,5-10H2,1H3. The lowest BCUT2D eigenvalue weighted by molar-refractivity contribution is -0.274. The molecule has 1 saturated heterocycles. The number of hydrogen-bond donors (Lipinski definition) is 0. The van der Waals surface area contributed by atoms with Gasteiger partial charge in [-0.3, -0.25) is 4.79 Å². The van der Waals surface area contributed by atoms with Crippen molar-refractivity contribution in [2.75, 3.05) is 20.1 Å². The summed E-state index contributed by atoms with van der Waals surface area (Å²) in [4.78, 5) is 13.9. The third-order valence-corrected chi connectivity index (χ3v) is 6.82. The van der Waals surface area contributed by atoms with Crippen molar-refractivity contribution in [1.82, 2.24) is 9.21 Å². The van der Waals surface area contributed by atoms with E-state index in [0.29, 0.717) is 18.9 Å². The first-order valence-electron chi connectivity index (χ1n) is 8.70. The summed E-state index contributed by atoms with van der Waals surface area (Å²) in [5, 5.41) is 0. The third-order valence-electron chi connectivity index (χ3n) is 4.92. The zero-order valence-electron chi connectivity index (χ0n) is 14.8. The van der Waals surface area contributed by atoms with E-state index in [1.54, 1.807) is 11.9 Å². The van der Waals surface area contributed by atoms with Gasteiger partial charge in [0.1, 0.15) is 5.75 Å². The zero-order chi connectivity index (χ0) is 19.8. The maximum Gasteiger partial charge on any atom is 0.573 e. The number of sulfonamides is 1. The van der Waals surface area contributed by atoms with Crippen molar-refractivity contribution in [3.8, 4) is 5.75 Å². The van der Waals surface area contributed by atoms with E-state index < -0.39 is 22.1 Å². The Kier molecular flexibility index (Phi) is 5.40. The van der Waals surface area contributed by atoms with Crippen LogP contribution in [0.5, 0.6) is 5.75 Å². The summed E-state index contributed by atoms with van der Waals surface area (Å²) in [6.45, 7) is 0.309. The highest BCUT2D eigenvalue weighted by atomic mass is 32.2. The van der Waals surface area contributed by atoms with Gasteiger partial charge in [-0.25, -0.2) is 8.42 Å². The zero-order valence-corrected chi connectivity index (χ0v) is 15.6. The molecule has 2 fully saturated rings. The number of alkyl halides is 3. The number of nitrogens with zero attached hydrogens (tertiary/aromatic N) is 2. The van der Waals surface area contributed by atoms with Crippen molar-refractivity contribution >= 4 is 15.9 Å². The Balaban J connectivity index is 1.66. The smallest absolute Gasteiger partial charge is 0.406 e. The molecular weight excluding hydrogens is 385 g/mol. The Morgan fingerprint density at radius 2 is 1.81 bits per heavy atom. The topological polar surface area (TPSA) is 66.9 Å². The van der Waals surface area contributed by atoms with E-state index in [2.05, 4.69) is 4.74 Å². The summed E-state index contributed by atoms with van der Waals surface area (Å²) in [5.74, 6) is -0.767. The molecule has 1 saturated carbocycles. The predicted octanol–water partition coefficient (Wildman–Crippen LogP) is 2.61. The first-order valence-corrected chi connectivity index (χ1v) is 10.1. The van der Waals surface area contributed by atoms with Crippen LogP contribution in [0.3, 0.4) is 0 Å². The van der Waals surface area contributed by atoms with Gasteiger partial charge in [0.2, 0.25) is 15.9 Å². The normalized spacial score (nSPS) is 19.7. The van der Waals surface area contributed by atoms with Gasteiger partial charge in [-0.1, -0.05) is 6.07 Å². The Morgan fingerprint density at radius 3 is 2.37 bits per heavy atom. The Bertz CT molecular complexity index is 801. The Hall–Kier alpha value is -1.81. The second-order valence-electron chi connectivity index (χ2n) is 6.88. The van der Waals surface area contributed by atoms with Crippen LogP contribution in [0, 0.1) is 5.92 Å². The van der Waals surface area contributed by atoms with Gasteiger partial charge < -0.3 is 9.64 Å². The van der Waals surface area contributed by atoms with E-state index in [1.807, 2.05) is 0 Å². The molecule has 10 heteroatoms. The number of hydrogen-bond acceptors (Lipinski definition) is 4. The fourth-order valence-electron chi connectivity index (χ4n) is 3.25. The summed E-state index contributed by atoms with van der Waals surface area (Å²) in [5.41, 5.74) is 0. The molecule has 0 spiro atoms. The number of piperidine rings is 1. The predicted molar refractivity (Wildman–Crippen MR) is 90.4 cm³/mol. The molecule has 1 aliphatic carbocycles. The monoisotopic (exact) mass is 406 g/mol. The minimum Gasteiger partial charge on any atom is -0.406 e. The first kappa shape index (κ1) is 19.9. The van der Waals surface area contributed by atoms with Gasteiger partial charge in [-0.05, 0) is 37.8 Å². The summed E-state index contributed by atoms with van der Waals surface area (Å²) in [6.07, 6.45) is -2.09. The lowest BCUT2D eigenvalue weighted by Crippen LogP contribution is -2.43. The lowest BCUT2D eigenvalue weighted by Gasteiger charge is -2.32. The van der Waals surface area contributed by atoms with Crippen LogP contribution in [0.25, 0.3) is 0 Å². The van der Waals surface area contributed by atoms with Gasteiger partial charge in [-0.15, -0.1) is 13.2 Å². The number of rotatable bonds is 5. The van der Waals surface area contributed by atoms with Crippen molar-refractivity contribution in [2.24, 2.45) is 5.92 Å². The first-order chi connectivity index (χ1) is 12.6. The minimum atomic E-state index is -4.89. The number of ether oxygens (including phenoxy) is 1. The number of carbonyl (C=O) groups excluding carboxylic acids is 1. The van der Waals surface area contributed by atoms with Gasteiger partial charge in [0, 0.05) is 38.2 Å². The molecule has 1 aromatic rings. The molecule has 1 heterocycles. The van der Waals surface area contributed by atoms with E-state index >= 15 is 0 Å². The van der Waals surface area contributed by atoms with Crippen molar-refractivity contribution < 1.29 is 31.1 Å². The molecule has 1 aromatic carbocycles. The summed E-state index contributed by atoms with van der Waals surface area (Å²) in [6, 6.07) is 4.65. The fourth-order valence-corrected chi connectivity index (χ4v) is 4.76. The molecule has 0 aromatic heterocycles. The average Bonchev–Trinajstić information content (AvgIpc) is 3.44. The maximum absolute atomic E-state index is 12.7. The Labute approximate surface area is 155 Å². The fraction of sp³-hybridized carbons (Fsp3) is 0.588. The van der Waals surface area contributed by atoms with Gasteiger partial charge in [0.15, 0.2) is 0 Å². The molecule has 150 valence electrons. The molecule has 0 radical (unpaired) electrons. The lowest BCUT2D eigenvalue weighted by atomic mass is 9.96. The molecule has 1 aliphatic heterocycles. The SMILES string of the molecule is CN(C(=O)C1CCN(S(=O)(=O)c2cccc(OC(F)(F)F)c2)CC1)C1CC1. The van der Waals surface area contributed by atoms with Crippen molar-refractivity contribution in [3.63, 3.8) is 0 Å². The minimum absolute atomic E-state index is 0.0372. The summed E-state index contributed by atoms with van der Waals surface area (Å²) in [7, 11) is -2.18. The molecule has 1 amide bonds. The molecule has 0 bridgehead atoms. The van der Waals surface area contributed by atoms with Crippen LogP contribution in [-0.2, 0) is 14.8 Å². The van der Waals surface area contributed by atoms with Crippen molar-refractivity contribution in [3.05, 3.63) is 24.3 Å². The highest BCUT2D eigenvalue weighted by Crippen LogP contribution is 2.31. The second kappa shape index (κ2) is 7.31. The number of carbonyl (C=O) groups is 1. The van der Waals surface area contributed by atoms with Gasteiger partial charge >= 0.3 is 6.36 Å². The Morgan fingerprint density at radius 1 is 1.19 bits per heavy atom. The van der Waals surface area contributed by atoms with Gasteiger partial charge in [-0.2, -0.15) is 4.31 Å². The van der Waals surface area contributed by atoms with Crippen LogP contribution in [0.4, 0.5) is 13.2 Å². The van der Waals surface area contributed by atoms with Gasteiger partial charge in [0.25, 0.3) is 0 Å². The quantitative estimate of drug-likeness (QED) is 0.754. The van der Waals surface area contributed by atoms with E-state index in [-0.39, 0.29) is 29.8 Å². The largest absolute Gasteiger partial charge is 0.573 e. The van der Waals surface area contributed by atoms with Gasteiger partial charge in [0.05, 0.1) is 4.90 Å². The van der Waals surface area contributed by atoms with Crippen LogP contribution in [0.15, 0.2) is 29.2 Å². The summed E-state index contributed by atoms with van der Waals surface area (Å²) < 4.78 is 67.5. The van der Waals surface area contributed by atoms with E-state index in [1.165, 1.54) is 16.4 Å². The van der Waals surface area contributed by atoms with Crippen LogP contribution in [-0.4, -0.2) is 56.1 Å². The molecule has 3 rings (SSSR count). The number of halogens is 3. The molecule has 6 nitrogen and oxygen atoms in total. The van der Waals surface area contributed by atoms with Crippen molar-refractivity contribution in [1.29, 1.82) is 0 Å². The van der Waals surface area contributed by atoms with Crippen LogP contribution < -0.4 is 4.74 Å². The highest BCUT2D eigenvalue weighted by Gasteiger charge is 2.37. The molecule has 27 heavy (non-hydrogen) atoms. The van der Waals surface area contributed by atoms with Crippen LogP contribution >= 0.6 is 0 Å². The highest BCUT2D eigenvalue weighted by molar-refractivity contribution is 7.89. The number of amides is 1. The third kappa shape index (κ3) is 4.73.